The van der Waals surface area contributed by atoms with Crippen molar-refractivity contribution in [1.82, 2.24) is 10.2 Å². The molecular formula is C18H22N2O3S. The molecule has 0 aliphatic carbocycles. The molecule has 0 unspecified atom stereocenters. The van der Waals surface area contributed by atoms with Crippen LogP contribution in [-0.2, 0) is 17.8 Å². The topological polar surface area (TPSA) is 62.6 Å². The Morgan fingerprint density at radius 1 is 1.29 bits per heavy atom. The van der Waals surface area contributed by atoms with Crippen LogP contribution < -0.4 is 5.32 Å². The van der Waals surface area contributed by atoms with Crippen LogP contribution in [-0.4, -0.2) is 29.8 Å². The normalized spacial score (nSPS) is 13.7. The molecule has 0 saturated carbocycles. The Labute approximate surface area is 145 Å². The molecule has 0 fully saturated rings. The third-order valence-corrected chi connectivity index (χ3v) is 5.60. The van der Waals surface area contributed by atoms with Crippen molar-refractivity contribution >= 4 is 23.2 Å². The Morgan fingerprint density at radius 2 is 2.08 bits per heavy atom. The average molecular weight is 346 g/mol. The molecule has 0 spiro atoms. The number of rotatable bonds is 4. The molecule has 3 heterocycles. The Bertz CT molecular complexity index is 775. The fraction of sp³-hybridized carbons (Fsp3) is 0.444. The summed E-state index contributed by atoms with van der Waals surface area (Å²) >= 11 is 1.76. The highest BCUT2D eigenvalue weighted by Gasteiger charge is 2.22. The number of carbonyl (C=O) groups excluding carboxylic acids is 2. The smallest absolute Gasteiger partial charge is 0.255 e. The minimum absolute atomic E-state index is 0.0870. The molecule has 0 atom stereocenters. The third kappa shape index (κ3) is 3.24. The predicted molar refractivity (Wildman–Crippen MR) is 93.3 cm³/mol. The highest BCUT2D eigenvalue weighted by Crippen LogP contribution is 2.24. The molecule has 2 amide bonds. The van der Waals surface area contributed by atoms with Crippen LogP contribution in [0.5, 0.6) is 0 Å². The molecule has 1 N–H and O–H groups in total. The van der Waals surface area contributed by atoms with E-state index in [4.69, 9.17) is 4.42 Å². The van der Waals surface area contributed by atoms with Crippen molar-refractivity contribution in [3.8, 4) is 0 Å². The van der Waals surface area contributed by atoms with Gasteiger partial charge in [0.2, 0.25) is 5.91 Å². The van der Waals surface area contributed by atoms with E-state index >= 15 is 0 Å². The average Bonchev–Trinajstić information content (AvgIpc) is 3.11. The molecule has 128 valence electrons. The van der Waals surface area contributed by atoms with E-state index in [2.05, 4.69) is 16.8 Å². The van der Waals surface area contributed by atoms with Gasteiger partial charge >= 0.3 is 0 Å². The predicted octanol–water partition coefficient (Wildman–Crippen LogP) is 2.97. The van der Waals surface area contributed by atoms with Gasteiger partial charge in [0.1, 0.15) is 11.5 Å². The van der Waals surface area contributed by atoms with E-state index in [1.54, 1.807) is 18.3 Å². The van der Waals surface area contributed by atoms with Crippen LogP contribution in [0.2, 0.25) is 0 Å². The molecule has 1 aliphatic rings. The van der Waals surface area contributed by atoms with Gasteiger partial charge in [-0.3, -0.25) is 9.59 Å². The first-order valence-corrected chi connectivity index (χ1v) is 9.03. The molecule has 0 aromatic carbocycles. The maximum atomic E-state index is 12.3. The van der Waals surface area contributed by atoms with Crippen LogP contribution in [0.25, 0.3) is 0 Å². The minimum atomic E-state index is -0.173. The van der Waals surface area contributed by atoms with Gasteiger partial charge in [0.15, 0.2) is 0 Å². The first-order valence-electron chi connectivity index (χ1n) is 8.15. The first-order chi connectivity index (χ1) is 11.5. The van der Waals surface area contributed by atoms with Crippen molar-refractivity contribution in [1.29, 1.82) is 0 Å². The first kappa shape index (κ1) is 16.8. The van der Waals surface area contributed by atoms with Gasteiger partial charge < -0.3 is 14.6 Å². The number of hydrogen-bond donors (Lipinski definition) is 1. The van der Waals surface area contributed by atoms with Crippen molar-refractivity contribution in [2.75, 3.05) is 13.1 Å². The number of carbonyl (C=O) groups is 2. The standard InChI is InChI=1S/C18H22N2O3S/c1-11-12(2)23-13(3)17(11)18(22)19-7-4-16(21)20-8-5-15-14(10-20)6-9-24-15/h6,9H,4-5,7-8,10H2,1-3H3,(H,19,22). The third-order valence-electron chi connectivity index (χ3n) is 4.57. The monoisotopic (exact) mass is 346 g/mol. The van der Waals surface area contributed by atoms with Gasteiger partial charge in [-0.1, -0.05) is 0 Å². The molecule has 2 aromatic rings. The van der Waals surface area contributed by atoms with E-state index in [-0.39, 0.29) is 11.8 Å². The number of amides is 2. The SMILES string of the molecule is Cc1oc(C)c(C(=O)NCCC(=O)N2CCc3sccc3C2)c1C. The lowest BCUT2D eigenvalue weighted by Gasteiger charge is -2.27. The lowest BCUT2D eigenvalue weighted by atomic mass is 10.1. The second-order valence-electron chi connectivity index (χ2n) is 6.15. The van der Waals surface area contributed by atoms with Gasteiger partial charge in [-0.2, -0.15) is 0 Å². The van der Waals surface area contributed by atoms with Gasteiger partial charge in [0.25, 0.3) is 5.91 Å². The summed E-state index contributed by atoms with van der Waals surface area (Å²) in [5, 5.41) is 4.91. The summed E-state index contributed by atoms with van der Waals surface area (Å²) in [6.07, 6.45) is 1.25. The molecule has 0 bridgehead atoms. The van der Waals surface area contributed by atoms with E-state index in [0.29, 0.717) is 30.8 Å². The summed E-state index contributed by atoms with van der Waals surface area (Å²) in [4.78, 5) is 27.9. The van der Waals surface area contributed by atoms with E-state index < -0.39 is 0 Å². The van der Waals surface area contributed by atoms with E-state index in [9.17, 15) is 9.59 Å². The molecule has 2 aromatic heterocycles. The Balaban J connectivity index is 1.51. The van der Waals surface area contributed by atoms with Crippen LogP contribution >= 0.6 is 11.3 Å². The fourth-order valence-corrected chi connectivity index (χ4v) is 4.01. The van der Waals surface area contributed by atoms with Gasteiger partial charge in [-0.25, -0.2) is 0 Å². The molecule has 5 nitrogen and oxygen atoms in total. The Kier molecular flexibility index (Phi) is 4.76. The number of hydrogen-bond acceptors (Lipinski definition) is 4. The lowest BCUT2D eigenvalue weighted by molar-refractivity contribution is -0.131. The highest BCUT2D eigenvalue weighted by atomic mass is 32.1. The summed E-state index contributed by atoms with van der Waals surface area (Å²) in [5.74, 6) is 1.29. The Morgan fingerprint density at radius 3 is 2.79 bits per heavy atom. The Hall–Kier alpha value is -2.08. The molecule has 0 saturated heterocycles. The van der Waals surface area contributed by atoms with Crippen molar-refractivity contribution in [2.24, 2.45) is 0 Å². The maximum Gasteiger partial charge on any atom is 0.255 e. The van der Waals surface area contributed by atoms with Crippen LogP contribution in [0, 0.1) is 20.8 Å². The zero-order valence-electron chi connectivity index (χ0n) is 14.3. The van der Waals surface area contributed by atoms with Crippen LogP contribution in [0.1, 0.15) is 44.3 Å². The van der Waals surface area contributed by atoms with Gasteiger partial charge in [-0.05, 0) is 44.2 Å². The number of fused-ring (bicyclic) bond motifs is 1. The van der Waals surface area contributed by atoms with Gasteiger partial charge in [0, 0.05) is 36.5 Å². The van der Waals surface area contributed by atoms with Crippen molar-refractivity contribution in [2.45, 2.75) is 40.2 Å². The summed E-state index contributed by atoms with van der Waals surface area (Å²) in [5.41, 5.74) is 2.70. The quantitative estimate of drug-likeness (QED) is 0.926. The lowest BCUT2D eigenvalue weighted by Crippen LogP contribution is -2.37. The summed E-state index contributed by atoms with van der Waals surface area (Å²) in [7, 11) is 0. The van der Waals surface area contributed by atoms with Crippen molar-refractivity contribution < 1.29 is 14.0 Å². The second kappa shape index (κ2) is 6.81. The molecule has 1 aliphatic heterocycles. The molecule has 3 rings (SSSR count). The summed E-state index contributed by atoms with van der Waals surface area (Å²) in [6.45, 7) is 7.29. The van der Waals surface area contributed by atoms with Crippen LogP contribution in [0.4, 0.5) is 0 Å². The van der Waals surface area contributed by atoms with E-state index in [1.165, 1.54) is 10.4 Å². The minimum Gasteiger partial charge on any atom is -0.466 e. The molecule has 6 heteroatoms. The largest absolute Gasteiger partial charge is 0.466 e. The molecule has 24 heavy (non-hydrogen) atoms. The maximum absolute atomic E-state index is 12.3. The number of aryl methyl sites for hydroxylation is 2. The number of nitrogens with one attached hydrogen (secondary N) is 1. The zero-order valence-corrected chi connectivity index (χ0v) is 15.1. The van der Waals surface area contributed by atoms with E-state index in [1.807, 2.05) is 18.7 Å². The zero-order chi connectivity index (χ0) is 17.3. The molecule has 0 radical (unpaired) electrons. The highest BCUT2D eigenvalue weighted by molar-refractivity contribution is 7.10. The fourth-order valence-electron chi connectivity index (χ4n) is 3.12. The van der Waals surface area contributed by atoms with E-state index in [0.717, 1.165) is 24.3 Å². The van der Waals surface area contributed by atoms with Crippen LogP contribution in [0.15, 0.2) is 15.9 Å². The summed E-state index contributed by atoms with van der Waals surface area (Å²) < 4.78 is 5.48. The van der Waals surface area contributed by atoms with Crippen molar-refractivity contribution in [3.05, 3.63) is 44.5 Å². The van der Waals surface area contributed by atoms with Crippen molar-refractivity contribution in [3.63, 3.8) is 0 Å². The van der Waals surface area contributed by atoms with Crippen LogP contribution in [0.3, 0.4) is 0 Å². The molecular weight excluding hydrogens is 324 g/mol. The summed E-state index contributed by atoms with van der Waals surface area (Å²) in [6, 6.07) is 2.09. The second-order valence-corrected chi connectivity index (χ2v) is 7.16. The van der Waals surface area contributed by atoms with Gasteiger partial charge in [0.05, 0.1) is 5.56 Å². The number of thiophene rings is 1. The number of furan rings is 1. The van der Waals surface area contributed by atoms with Gasteiger partial charge in [-0.15, -0.1) is 11.3 Å². The number of nitrogens with zero attached hydrogens (tertiary/aromatic N) is 1.